The molecule has 0 bridgehead atoms. The second-order valence-corrected chi connectivity index (χ2v) is 7.49. The number of benzene rings is 3. The van der Waals surface area contributed by atoms with Crippen LogP contribution in [0.3, 0.4) is 0 Å². The molecule has 1 unspecified atom stereocenters. The first kappa shape index (κ1) is 20.8. The van der Waals surface area contributed by atoms with E-state index in [0.29, 0.717) is 24.4 Å². The molecule has 3 N–H and O–H groups in total. The van der Waals surface area contributed by atoms with Crippen LogP contribution in [-0.4, -0.2) is 23.2 Å². The molecule has 4 aromatic rings. The molecule has 1 atom stereocenters. The van der Waals surface area contributed by atoms with Gasteiger partial charge in [-0.1, -0.05) is 66.7 Å². The van der Waals surface area contributed by atoms with Crippen molar-refractivity contribution in [3.05, 3.63) is 112 Å². The number of fused-ring (bicyclic) bond motifs is 1. The lowest BCUT2D eigenvalue weighted by Crippen LogP contribution is -2.24. The van der Waals surface area contributed by atoms with E-state index in [2.05, 4.69) is 22.4 Å². The number of nitrogens with one attached hydrogen (secondary N) is 2. The second-order valence-electron chi connectivity index (χ2n) is 7.49. The molecule has 0 saturated carbocycles. The Bertz CT molecular complexity index is 1170. The molecule has 0 aliphatic heterocycles. The molecule has 0 aliphatic carbocycles. The van der Waals surface area contributed by atoms with E-state index in [1.807, 2.05) is 60.7 Å². The quantitative estimate of drug-likeness (QED) is 0.362. The summed E-state index contributed by atoms with van der Waals surface area (Å²) in [6, 6.07) is 27.0. The first-order valence-corrected chi connectivity index (χ1v) is 10.5. The number of pyridine rings is 1. The summed E-state index contributed by atoms with van der Waals surface area (Å²) in [5.74, 6) is 0.588. The smallest absolute Gasteiger partial charge is 0.248 e. The van der Waals surface area contributed by atoms with E-state index in [0.717, 1.165) is 29.5 Å². The van der Waals surface area contributed by atoms with E-state index in [1.165, 1.54) is 11.6 Å². The summed E-state index contributed by atoms with van der Waals surface area (Å²) in [5.41, 5.74) is 3.45. The Balaban J connectivity index is 1.46. The molecule has 0 radical (unpaired) electrons. The van der Waals surface area contributed by atoms with Gasteiger partial charge in [0.15, 0.2) is 0 Å². The average molecular weight is 415 g/mol. The van der Waals surface area contributed by atoms with Crippen molar-refractivity contribution in [3.8, 4) is 5.75 Å². The number of rotatable bonds is 9. The molecule has 5 nitrogen and oxygen atoms in total. The normalized spacial score (nSPS) is 12.0. The van der Waals surface area contributed by atoms with E-state index in [-0.39, 0.29) is 5.56 Å². The summed E-state index contributed by atoms with van der Waals surface area (Å²) in [7, 11) is 0. The molecule has 3 aromatic carbocycles. The topological polar surface area (TPSA) is 74.3 Å². The van der Waals surface area contributed by atoms with E-state index >= 15 is 0 Å². The van der Waals surface area contributed by atoms with Crippen LogP contribution in [0.1, 0.15) is 22.8 Å². The van der Waals surface area contributed by atoms with Crippen molar-refractivity contribution < 1.29 is 9.84 Å². The molecule has 5 heteroatoms. The number of hydrogen-bond acceptors (Lipinski definition) is 4. The lowest BCUT2D eigenvalue weighted by molar-refractivity contribution is 0.176. The molecular weight excluding hydrogens is 388 g/mol. The Morgan fingerprint density at radius 2 is 1.58 bits per heavy atom. The molecule has 1 aromatic heterocycles. The van der Waals surface area contributed by atoms with Gasteiger partial charge in [-0.05, 0) is 41.8 Å². The molecule has 0 amide bonds. The Kier molecular flexibility index (Phi) is 6.77. The van der Waals surface area contributed by atoms with Gasteiger partial charge >= 0.3 is 0 Å². The zero-order chi connectivity index (χ0) is 21.5. The van der Waals surface area contributed by atoms with Crippen LogP contribution in [0.15, 0.2) is 89.7 Å². The SMILES string of the molecule is O=c1ccc2c(C(O)CNCCc3ccccc3)ccc(OCc3ccccc3)c2[nH]1. The van der Waals surface area contributed by atoms with Crippen molar-refractivity contribution in [2.75, 3.05) is 13.1 Å². The third-order valence-electron chi connectivity index (χ3n) is 5.26. The van der Waals surface area contributed by atoms with Gasteiger partial charge in [0, 0.05) is 18.0 Å². The maximum absolute atomic E-state index is 12.0. The highest BCUT2D eigenvalue weighted by Gasteiger charge is 2.15. The van der Waals surface area contributed by atoms with Gasteiger partial charge in [0.25, 0.3) is 0 Å². The summed E-state index contributed by atoms with van der Waals surface area (Å²) in [5, 5.41) is 14.9. The Hall–Kier alpha value is -3.41. The lowest BCUT2D eigenvalue weighted by atomic mass is 10.0. The van der Waals surface area contributed by atoms with Crippen LogP contribution in [-0.2, 0) is 13.0 Å². The van der Waals surface area contributed by atoms with Gasteiger partial charge in [-0.2, -0.15) is 0 Å². The zero-order valence-corrected chi connectivity index (χ0v) is 17.3. The second kappa shape index (κ2) is 10.1. The minimum atomic E-state index is -0.702. The highest BCUT2D eigenvalue weighted by molar-refractivity contribution is 5.87. The van der Waals surface area contributed by atoms with Gasteiger partial charge in [0.05, 0.1) is 11.6 Å². The van der Waals surface area contributed by atoms with Crippen LogP contribution in [0.2, 0.25) is 0 Å². The summed E-state index contributed by atoms with van der Waals surface area (Å²) < 4.78 is 5.98. The van der Waals surface area contributed by atoms with E-state index in [1.54, 1.807) is 6.07 Å². The number of aliphatic hydroxyl groups is 1. The third-order valence-corrected chi connectivity index (χ3v) is 5.26. The molecule has 0 saturated heterocycles. The maximum Gasteiger partial charge on any atom is 0.248 e. The van der Waals surface area contributed by atoms with Crippen LogP contribution in [0.4, 0.5) is 0 Å². The molecule has 158 valence electrons. The average Bonchev–Trinajstić information content (AvgIpc) is 2.81. The summed E-state index contributed by atoms with van der Waals surface area (Å²) in [6.07, 6.45) is 0.195. The molecule has 31 heavy (non-hydrogen) atoms. The summed E-state index contributed by atoms with van der Waals surface area (Å²) >= 11 is 0. The standard InChI is InChI=1S/C26H26N2O3/c29-23(17-27-16-15-19-7-3-1-4-8-19)21-11-13-24(26-22(21)12-14-25(30)28-26)31-18-20-9-5-2-6-10-20/h1-14,23,27,29H,15-18H2,(H,28,30). The van der Waals surface area contributed by atoms with Crippen LogP contribution in [0.5, 0.6) is 5.75 Å². The minimum absolute atomic E-state index is 0.204. The number of H-pyrrole nitrogens is 1. The van der Waals surface area contributed by atoms with Gasteiger partial charge < -0.3 is 20.1 Å². The largest absolute Gasteiger partial charge is 0.487 e. The van der Waals surface area contributed by atoms with E-state index < -0.39 is 6.10 Å². The van der Waals surface area contributed by atoms with Crippen LogP contribution in [0, 0.1) is 0 Å². The van der Waals surface area contributed by atoms with Crippen LogP contribution >= 0.6 is 0 Å². The third kappa shape index (κ3) is 5.40. The van der Waals surface area contributed by atoms with Crippen molar-refractivity contribution in [3.63, 3.8) is 0 Å². The first-order chi connectivity index (χ1) is 15.2. The molecule has 0 spiro atoms. The van der Waals surface area contributed by atoms with Gasteiger partial charge in [0.2, 0.25) is 5.56 Å². The first-order valence-electron chi connectivity index (χ1n) is 10.5. The Labute approximate surface area is 181 Å². The van der Waals surface area contributed by atoms with E-state index in [4.69, 9.17) is 4.74 Å². The van der Waals surface area contributed by atoms with Crippen LogP contribution < -0.4 is 15.6 Å². The maximum atomic E-state index is 12.0. The van der Waals surface area contributed by atoms with Gasteiger partial charge in [-0.15, -0.1) is 0 Å². The fourth-order valence-corrected chi connectivity index (χ4v) is 3.62. The van der Waals surface area contributed by atoms with Gasteiger partial charge in [-0.25, -0.2) is 0 Å². The number of hydrogen-bond donors (Lipinski definition) is 3. The van der Waals surface area contributed by atoms with Crippen molar-refractivity contribution in [2.24, 2.45) is 0 Å². The molecule has 0 aliphatic rings. The zero-order valence-electron chi connectivity index (χ0n) is 17.3. The summed E-state index contributed by atoms with van der Waals surface area (Å²) in [6.45, 7) is 1.59. The fraction of sp³-hybridized carbons (Fsp3) is 0.192. The minimum Gasteiger partial charge on any atom is -0.487 e. The van der Waals surface area contributed by atoms with E-state index in [9.17, 15) is 9.90 Å². The lowest BCUT2D eigenvalue weighted by Gasteiger charge is -2.17. The monoisotopic (exact) mass is 414 g/mol. The molecule has 1 heterocycles. The van der Waals surface area contributed by atoms with Gasteiger partial charge in [-0.3, -0.25) is 4.79 Å². The predicted octanol–water partition coefficient (Wildman–Crippen LogP) is 3.97. The molecule has 0 fully saturated rings. The van der Waals surface area contributed by atoms with Crippen LogP contribution in [0.25, 0.3) is 10.9 Å². The number of ether oxygens (including phenoxy) is 1. The summed E-state index contributed by atoms with van der Waals surface area (Å²) in [4.78, 5) is 14.8. The highest BCUT2D eigenvalue weighted by atomic mass is 16.5. The number of aromatic nitrogens is 1. The van der Waals surface area contributed by atoms with Crippen molar-refractivity contribution in [2.45, 2.75) is 19.1 Å². The highest BCUT2D eigenvalue weighted by Crippen LogP contribution is 2.30. The van der Waals surface area contributed by atoms with Crippen molar-refractivity contribution in [1.29, 1.82) is 0 Å². The Morgan fingerprint density at radius 1 is 0.871 bits per heavy atom. The van der Waals surface area contributed by atoms with Crippen molar-refractivity contribution in [1.82, 2.24) is 10.3 Å². The Morgan fingerprint density at radius 3 is 2.32 bits per heavy atom. The fourth-order valence-electron chi connectivity index (χ4n) is 3.62. The molecule has 4 rings (SSSR count). The molecular formula is C26H26N2O3. The predicted molar refractivity (Wildman–Crippen MR) is 123 cm³/mol. The number of aromatic amines is 1. The number of aliphatic hydroxyl groups excluding tert-OH is 1. The van der Waals surface area contributed by atoms with Gasteiger partial charge in [0.1, 0.15) is 12.4 Å². The van der Waals surface area contributed by atoms with Crippen molar-refractivity contribution >= 4 is 10.9 Å².